The van der Waals surface area contributed by atoms with Crippen LogP contribution in [0.25, 0.3) is 0 Å². The Morgan fingerprint density at radius 1 is 0.800 bits per heavy atom. The van der Waals surface area contributed by atoms with Crippen molar-refractivity contribution < 1.29 is 26.8 Å². The van der Waals surface area contributed by atoms with Gasteiger partial charge in [-0.15, -0.1) is 0 Å². The molecule has 0 heterocycles. The lowest BCUT2D eigenvalue weighted by atomic mass is 9.98. The first kappa shape index (κ1) is 26.6. The highest BCUT2D eigenvalue weighted by atomic mass is 32.3. The van der Waals surface area contributed by atoms with Gasteiger partial charge in [0, 0.05) is 12.5 Å². The molecule has 7 nitrogen and oxygen atoms in total. The monoisotopic (exact) mass is 515 g/mol. The molecule has 0 saturated carbocycles. The van der Waals surface area contributed by atoms with Crippen LogP contribution in [0.15, 0.2) is 106 Å². The summed E-state index contributed by atoms with van der Waals surface area (Å²) >= 11 is 0. The van der Waals surface area contributed by atoms with Gasteiger partial charge in [-0.3, -0.25) is 0 Å². The van der Waals surface area contributed by atoms with Gasteiger partial charge in [-0.25, -0.2) is 16.8 Å². The van der Waals surface area contributed by atoms with Crippen LogP contribution in [0.4, 0.5) is 0 Å². The van der Waals surface area contributed by atoms with E-state index in [2.05, 4.69) is 5.16 Å². The Bertz CT molecular complexity index is 1230. The van der Waals surface area contributed by atoms with Crippen LogP contribution in [0, 0.1) is 5.92 Å². The molecule has 186 valence electrons. The Balaban J connectivity index is 1.95. The molecule has 0 unspecified atom stereocenters. The summed E-state index contributed by atoms with van der Waals surface area (Å²) < 4.78 is 52.5. The van der Waals surface area contributed by atoms with Crippen LogP contribution >= 0.6 is 0 Å². The number of benzene rings is 3. The Labute approximate surface area is 206 Å². The predicted molar refractivity (Wildman–Crippen MR) is 135 cm³/mol. The lowest BCUT2D eigenvalue weighted by molar-refractivity contribution is -0.00657. The van der Waals surface area contributed by atoms with E-state index in [9.17, 15) is 21.9 Å². The van der Waals surface area contributed by atoms with Crippen molar-refractivity contribution in [2.24, 2.45) is 11.1 Å². The second-order valence-corrected chi connectivity index (χ2v) is 12.6. The van der Waals surface area contributed by atoms with Gasteiger partial charge in [0.25, 0.3) is 0 Å². The molecule has 0 bridgehead atoms. The molecule has 3 aromatic carbocycles. The molecule has 1 N–H and O–H groups in total. The summed E-state index contributed by atoms with van der Waals surface area (Å²) in [5, 5.41) is 14.1. The predicted octanol–water partition coefficient (Wildman–Crippen LogP) is 4.09. The summed E-state index contributed by atoms with van der Waals surface area (Å²) in [5.41, 5.74) is 0.805. The number of rotatable bonds is 12. The van der Waals surface area contributed by atoms with Crippen molar-refractivity contribution in [3.63, 3.8) is 0 Å². The Hall–Kier alpha value is -3.01. The van der Waals surface area contributed by atoms with E-state index in [1.54, 1.807) is 43.3 Å². The number of hydrogen-bond acceptors (Lipinski definition) is 7. The summed E-state index contributed by atoms with van der Waals surface area (Å²) in [4.78, 5) is 5.41. The molecule has 35 heavy (non-hydrogen) atoms. The van der Waals surface area contributed by atoms with E-state index in [1.165, 1.54) is 30.5 Å². The first-order chi connectivity index (χ1) is 16.8. The molecule has 0 fully saturated rings. The molecule has 9 heteroatoms. The van der Waals surface area contributed by atoms with E-state index < -0.39 is 42.9 Å². The van der Waals surface area contributed by atoms with Crippen LogP contribution in [0.2, 0.25) is 0 Å². The standard InChI is InChI=1S/C26H29NO6S2/c1-2-25(33-27-19-21-12-6-3-7-13-21)22(20-28)18-26(34(29,30)23-14-8-4-9-15-23)35(31,32)24-16-10-5-11-17-24/h3-17,19,22,25-26,28H,2,18,20H2,1H3/b27-19+/t22-,25-/m1/s1. The van der Waals surface area contributed by atoms with Crippen molar-refractivity contribution in [2.75, 3.05) is 6.61 Å². The van der Waals surface area contributed by atoms with E-state index in [0.29, 0.717) is 6.42 Å². The molecule has 3 aromatic rings. The minimum Gasteiger partial charge on any atom is -0.396 e. The summed E-state index contributed by atoms with van der Waals surface area (Å²) in [6.07, 6.45) is 0.848. The Morgan fingerprint density at radius 2 is 1.26 bits per heavy atom. The molecular weight excluding hydrogens is 486 g/mol. The van der Waals surface area contributed by atoms with Crippen molar-refractivity contribution in [2.45, 2.75) is 40.2 Å². The van der Waals surface area contributed by atoms with Crippen molar-refractivity contribution in [1.82, 2.24) is 0 Å². The van der Waals surface area contributed by atoms with Crippen molar-refractivity contribution in [1.29, 1.82) is 0 Å². The maximum Gasteiger partial charge on any atom is 0.195 e. The number of hydrogen-bond donors (Lipinski definition) is 1. The molecule has 0 aliphatic carbocycles. The SMILES string of the molecule is CC[C@@H](O/N=C/c1ccccc1)[C@@H](CO)CC(S(=O)(=O)c1ccccc1)S(=O)(=O)c1ccccc1. The molecule has 0 spiro atoms. The zero-order valence-corrected chi connectivity index (χ0v) is 21.0. The summed E-state index contributed by atoms with van der Waals surface area (Å²) in [5.74, 6) is -0.796. The molecule has 3 rings (SSSR count). The first-order valence-corrected chi connectivity index (χ1v) is 14.3. The molecule has 0 aliphatic rings. The van der Waals surface area contributed by atoms with Gasteiger partial charge in [0.15, 0.2) is 24.3 Å². The smallest absolute Gasteiger partial charge is 0.195 e. The third-order valence-electron chi connectivity index (χ3n) is 5.69. The third-order valence-corrected chi connectivity index (χ3v) is 10.8. The van der Waals surface area contributed by atoms with Gasteiger partial charge in [-0.05, 0) is 42.7 Å². The average Bonchev–Trinajstić information content (AvgIpc) is 2.89. The highest BCUT2D eigenvalue weighted by Gasteiger charge is 2.42. The molecule has 2 atom stereocenters. The summed E-state index contributed by atoms with van der Waals surface area (Å²) in [6.45, 7) is 1.34. The number of aliphatic hydroxyl groups is 1. The fraction of sp³-hybridized carbons (Fsp3) is 0.269. The number of sulfone groups is 2. The molecule has 0 amide bonds. The Morgan fingerprint density at radius 3 is 1.69 bits per heavy atom. The number of nitrogens with zero attached hydrogens (tertiary/aromatic N) is 1. The summed E-state index contributed by atoms with van der Waals surface area (Å²) in [6, 6.07) is 24.2. The number of oxime groups is 1. The van der Waals surface area contributed by atoms with Crippen LogP contribution in [0.1, 0.15) is 25.3 Å². The largest absolute Gasteiger partial charge is 0.396 e. The Kier molecular flexibility index (Phi) is 9.20. The van der Waals surface area contributed by atoms with Gasteiger partial charge in [0.05, 0.1) is 16.0 Å². The van der Waals surface area contributed by atoms with Gasteiger partial charge >= 0.3 is 0 Å². The van der Waals surface area contributed by atoms with E-state index in [-0.39, 0.29) is 16.2 Å². The van der Waals surface area contributed by atoms with E-state index in [4.69, 9.17) is 4.84 Å². The maximum absolute atomic E-state index is 13.6. The fourth-order valence-electron chi connectivity index (χ4n) is 3.74. The van der Waals surface area contributed by atoms with Gasteiger partial charge in [-0.2, -0.15) is 0 Å². The quantitative estimate of drug-likeness (QED) is 0.287. The van der Waals surface area contributed by atoms with Crippen LogP contribution in [-0.4, -0.2) is 45.4 Å². The normalized spacial score (nSPS) is 14.1. The van der Waals surface area contributed by atoms with Crippen LogP contribution < -0.4 is 0 Å². The van der Waals surface area contributed by atoms with Crippen molar-refractivity contribution >= 4 is 25.9 Å². The van der Waals surface area contributed by atoms with Gasteiger partial charge < -0.3 is 9.94 Å². The molecule has 0 saturated heterocycles. The minimum absolute atomic E-state index is 0.0998. The van der Waals surface area contributed by atoms with E-state index >= 15 is 0 Å². The second-order valence-electron chi connectivity index (χ2n) is 8.02. The third kappa shape index (κ3) is 6.56. The number of aliphatic hydroxyl groups excluding tert-OH is 1. The lowest BCUT2D eigenvalue weighted by Crippen LogP contribution is -2.37. The van der Waals surface area contributed by atoms with Crippen LogP contribution in [0.5, 0.6) is 0 Å². The molecule has 0 radical (unpaired) electrons. The van der Waals surface area contributed by atoms with Crippen LogP contribution in [-0.2, 0) is 24.5 Å². The topological polar surface area (TPSA) is 110 Å². The summed E-state index contributed by atoms with van der Waals surface area (Å²) in [7, 11) is -8.62. The zero-order chi connectivity index (χ0) is 25.3. The lowest BCUT2D eigenvalue weighted by Gasteiger charge is -2.27. The zero-order valence-electron chi connectivity index (χ0n) is 19.3. The van der Waals surface area contributed by atoms with Crippen LogP contribution in [0.3, 0.4) is 0 Å². The molecule has 0 aromatic heterocycles. The molecule has 0 aliphatic heterocycles. The van der Waals surface area contributed by atoms with Crippen molar-refractivity contribution in [3.8, 4) is 0 Å². The fourth-order valence-corrected chi connectivity index (χ4v) is 8.42. The first-order valence-electron chi connectivity index (χ1n) is 11.2. The van der Waals surface area contributed by atoms with Gasteiger partial charge in [0.1, 0.15) is 6.10 Å². The van der Waals surface area contributed by atoms with Crippen molar-refractivity contribution in [3.05, 3.63) is 96.6 Å². The van der Waals surface area contributed by atoms with E-state index in [1.807, 2.05) is 30.3 Å². The van der Waals surface area contributed by atoms with Gasteiger partial charge in [-0.1, -0.05) is 78.8 Å². The highest BCUT2D eigenvalue weighted by molar-refractivity contribution is 8.09. The molecular formula is C26H29NO6S2. The second kappa shape index (κ2) is 12.1. The maximum atomic E-state index is 13.6. The average molecular weight is 516 g/mol. The van der Waals surface area contributed by atoms with Gasteiger partial charge in [0.2, 0.25) is 0 Å². The minimum atomic E-state index is -4.31. The highest BCUT2D eigenvalue weighted by Crippen LogP contribution is 2.32. The van der Waals surface area contributed by atoms with E-state index in [0.717, 1.165) is 5.56 Å².